The van der Waals surface area contributed by atoms with Gasteiger partial charge in [-0.25, -0.2) is 0 Å². The van der Waals surface area contributed by atoms with E-state index in [1.54, 1.807) is 5.56 Å². The Morgan fingerprint density at radius 1 is 1.36 bits per heavy atom. The maximum atomic E-state index is 2.37. The SMILES string of the molecule is CCCC(C[C@H](C)CC)c1ccsc1. The summed E-state index contributed by atoms with van der Waals surface area (Å²) >= 11 is 1.83. The van der Waals surface area contributed by atoms with Crippen molar-refractivity contribution in [3.63, 3.8) is 0 Å². The summed E-state index contributed by atoms with van der Waals surface area (Å²) in [7, 11) is 0. The Balaban J connectivity index is 2.55. The average molecular weight is 210 g/mol. The average Bonchev–Trinajstić information content (AvgIpc) is 2.69. The van der Waals surface area contributed by atoms with Crippen LogP contribution in [0, 0.1) is 5.92 Å². The van der Waals surface area contributed by atoms with Gasteiger partial charge in [0.25, 0.3) is 0 Å². The number of thiophene rings is 1. The first-order chi connectivity index (χ1) is 6.77. The summed E-state index contributed by atoms with van der Waals surface area (Å²) in [6, 6.07) is 2.30. The Morgan fingerprint density at radius 2 is 2.14 bits per heavy atom. The normalized spacial score (nSPS) is 15.4. The fraction of sp³-hybridized carbons (Fsp3) is 0.692. The second-order valence-corrected chi connectivity index (χ2v) is 5.07. The maximum Gasteiger partial charge on any atom is -0.00584 e. The molecule has 0 aliphatic rings. The van der Waals surface area contributed by atoms with Crippen LogP contribution in [0.5, 0.6) is 0 Å². The predicted octanol–water partition coefficient (Wildman–Crippen LogP) is 5.07. The third kappa shape index (κ3) is 3.45. The van der Waals surface area contributed by atoms with Gasteiger partial charge in [-0.1, -0.05) is 33.6 Å². The summed E-state index contributed by atoms with van der Waals surface area (Å²) in [4.78, 5) is 0. The molecule has 1 aromatic rings. The van der Waals surface area contributed by atoms with Gasteiger partial charge in [0.05, 0.1) is 0 Å². The van der Waals surface area contributed by atoms with E-state index in [4.69, 9.17) is 0 Å². The van der Waals surface area contributed by atoms with E-state index < -0.39 is 0 Å². The molecule has 0 fully saturated rings. The van der Waals surface area contributed by atoms with Crippen molar-refractivity contribution in [1.29, 1.82) is 0 Å². The molecule has 0 spiro atoms. The highest BCUT2D eigenvalue weighted by Gasteiger charge is 2.13. The Kier molecular flexibility index (Phi) is 5.24. The van der Waals surface area contributed by atoms with E-state index in [1.165, 1.54) is 25.7 Å². The van der Waals surface area contributed by atoms with Crippen LogP contribution in [0.3, 0.4) is 0 Å². The standard InChI is InChI=1S/C13H22S/c1-4-6-12(9-11(3)5-2)13-7-8-14-10-13/h7-8,10-12H,4-6,9H2,1-3H3/t11-,12?/m1/s1. The van der Waals surface area contributed by atoms with E-state index in [9.17, 15) is 0 Å². The minimum absolute atomic E-state index is 0.807. The molecule has 0 saturated heterocycles. The van der Waals surface area contributed by atoms with Crippen LogP contribution in [0.2, 0.25) is 0 Å². The van der Waals surface area contributed by atoms with Gasteiger partial charge in [0.2, 0.25) is 0 Å². The monoisotopic (exact) mass is 210 g/mol. The topological polar surface area (TPSA) is 0 Å². The Hall–Kier alpha value is -0.300. The predicted molar refractivity (Wildman–Crippen MR) is 66.0 cm³/mol. The third-order valence-electron chi connectivity index (χ3n) is 3.04. The van der Waals surface area contributed by atoms with Crippen LogP contribution < -0.4 is 0 Å². The van der Waals surface area contributed by atoms with Crippen molar-refractivity contribution in [2.45, 2.75) is 52.4 Å². The van der Waals surface area contributed by atoms with E-state index in [2.05, 4.69) is 37.6 Å². The molecule has 1 heterocycles. The molecule has 1 unspecified atom stereocenters. The Bertz CT molecular complexity index is 225. The van der Waals surface area contributed by atoms with Crippen molar-refractivity contribution in [1.82, 2.24) is 0 Å². The third-order valence-corrected chi connectivity index (χ3v) is 3.74. The maximum absolute atomic E-state index is 2.37. The summed E-state index contributed by atoms with van der Waals surface area (Å²) in [6.07, 6.45) is 5.32. The highest BCUT2D eigenvalue weighted by Crippen LogP contribution is 2.30. The molecule has 0 aliphatic carbocycles. The zero-order valence-electron chi connectivity index (χ0n) is 9.62. The second-order valence-electron chi connectivity index (χ2n) is 4.29. The van der Waals surface area contributed by atoms with E-state index >= 15 is 0 Å². The molecule has 1 heteroatoms. The van der Waals surface area contributed by atoms with Crippen molar-refractivity contribution in [2.24, 2.45) is 5.92 Å². The molecule has 0 saturated carbocycles. The van der Waals surface area contributed by atoms with Crippen LogP contribution in [0.25, 0.3) is 0 Å². The molecule has 1 rings (SSSR count). The van der Waals surface area contributed by atoms with Gasteiger partial charge in [-0.15, -0.1) is 0 Å². The van der Waals surface area contributed by atoms with Crippen LogP contribution in [-0.2, 0) is 0 Å². The first kappa shape index (κ1) is 11.8. The summed E-state index contributed by atoms with van der Waals surface area (Å²) in [6.45, 7) is 6.95. The van der Waals surface area contributed by atoms with Crippen molar-refractivity contribution < 1.29 is 0 Å². The van der Waals surface area contributed by atoms with Gasteiger partial charge in [0.15, 0.2) is 0 Å². The fourth-order valence-electron chi connectivity index (χ4n) is 1.93. The number of hydrogen-bond acceptors (Lipinski definition) is 1. The molecule has 0 aliphatic heterocycles. The van der Waals surface area contributed by atoms with Crippen molar-refractivity contribution >= 4 is 11.3 Å². The highest BCUT2D eigenvalue weighted by molar-refractivity contribution is 7.07. The van der Waals surface area contributed by atoms with Crippen molar-refractivity contribution in [2.75, 3.05) is 0 Å². The minimum atomic E-state index is 0.807. The first-order valence-corrected chi connectivity index (χ1v) is 6.74. The lowest BCUT2D eigenvalue weighted by Crippen LogP contribution is -2.03. The molecule has 0 radical (unpaired) electrons. The fourth-order valence-corrected chi connectivity index (χ4v) is 2.67. The van der Waals surface area contributed by atoms with Gasteiger partial charge in [-0.05, 0) is 47.1 Å². The minimum Gasteiger partial charge on any atom is -0.152 e. The van der Waals surface area contributed by atoms with Crippen molar-refractivity contribution in [3.05, 3.63) is 22.4 Å². The molecule has 0 amide bonds. The van der Waals surface area contributed by atoms with Crippen LogP contribution in [-0.4, -0.2) is 0 Å². The molecule has 0 nitrogen and oxygen atoms in total. The lowest BCUT2D eigenvalue weighted by molar-refractivity contribution is 0.436. The van der Waals surface area contributed by atoms with Gasteiger partial charge in [0.1, 0.15) is 0 Å². The Labute approximate surface area is 92.4 Å². The van der Waals surface area contributed by atoms with Crippen LogP contribution in [0.4, 0.5) is 0 Å². The Morgan fingerprint density at radius 3 is 2.64 bits per heavy atom. The number of rotatable bonds is 6. The molecule has 2 atom stereocenters. The zero-order chi connectivity index (χ0) is 10.4. The molecule has 0 aromatic carbocycles. The molecule has 1 aromatic heterocycles. The summed E-state index contributed by atoms with van der Waals surface area (Å²) in [5.74, 6) is 1.67. The number of hydrogen-bond donors (Lipinski definition) is 0. The van der Waals surface area contributed by atoms with Gasteiger partial charge in [0, 0.05) is 0 Å². The van der Waals surface area contributed by atoms with Crippen LogP contribution in [0.15, 0.2) is 16.8 Å². The summed E-state index contributed by atoms with van der Waals surface area (Å²) < 4.78 is 0. The largest absolute Gasteiger partial charge is 0.152 e. The van der Waals surface area contributed by atoms with E-state index in [0.717, 1.165) is 11.8 Å². The molecule has 0 bridgehead atoms. The van der Waals surface area contributed by atoms with Gasteiger partial charge < -0.3 is 0 Å². The van der Waals surface area contributed by atoms with Gasteiger partial charge in [-0.3, -0.25) is 0 Å². The molecular weight excluding hydrogens is 188 g/mol. The first-order valence-electron chi connectivity index (χ1n) is 5.80. The molecular formula is C13H22S. The van der Waals surface area contributed by atoms with Gasteiger partial charge >= 0.3 is 0 Å². The highest BCUT2D eigenvalue weighted by atomic mass is 32.1. The van der Waals surface area contributed by atoms with Crippen LogP contribution >= 0.6 is 11.3 Å². The lowest BCUT2D eigenvalue weighted by atomic mass is 9.87. The smallest absolute Gasteiger partial charge is 0.00584 e. The van der Waals surface area contributed by atoms with E-state index in [-0.39, 0.29) is 0 Å². The zero-order valence-corrected chi connectivity index (χ0v) is 10.4. The summed E-state index contributed by atoms with van der Waals surface area (Å²) in [5.41, 5.74) is 1.57. The van der Waals surface area contributed by atoms with Crippen molar-refractivity contribution in [3.8, 4) is 0 Å². The van der Waals surface area contributed by atoms with E-state index in [1.807, 2.05) is 11.3 Å². The quantitative estimate of drug-likeness (QED) is 0.615. The van der Waals surface area contributed by atoms with E-state index in [0.29, 0.717) is 0 Å². The summed E-state index contributed by atoms with van der Waals surface area (Å²) in [5, 5.41) is 4.53. The molecule has 80 valence electrons. The van der Waals surface area contributed by atoms with Gasteiger partial charge in [-0.2, -0.15) is 11.3 Å². The lowest BCUT2D eigenvalue weighted by Gasteiger charge is -2.18. The van der Waals surface area contributed by atoms with Crippen LogP contribution in [0.1, 0.15) is 57.9 Å². The molecule has 0 N–H and O–H groups in total. The second kappa shape index (κ2) is 6.23. The molecule has 14 heavy (non-hydrogen) atoms.